The fourth-order valence-electron chi connectivity index (χ4n) is 2.32. The number of hydrogen-bond donors (Lipinski definition) is 1. The second kappa shape index (κ2) is 6.47. The number of halogens is 1. The van der Waals surface area contributed by atoms with Gasteiger partial charge >= 0.3 is 0 Å². The van der Waals surface area contributed by atoms with Crippen LogP contribution in [0.5, 0.6) is 0 Å². The highest BCUT2D eigenvalue weighted by Gasteiger charge is 2.26. The van der Waals surface area contributed by atoms with Crippen molar-refractivity contribution in [2.75, 3.05) is 5.32 Å². The zero-order chi connectivity index (χ0) is 18.1. The Kier molecular flexibility index (Phi) is 4.94. The predicted octanol–water partition coefficient (Wildman–Crippen LogP) is 4.42. The number of carbonyl (C=O) groups excluding carboxylic acids is 1. The van der Waals surface area contributed by atoms with E-state index in [2.05, 4.69) is 29.9 Å². The zero-order valence-corrected chi connectivity index (χ0v) is 16.2. The molecule has 3 nitrogen and oxygen atoms in total. The third-order valence-electron chi connectivity index (χ3n) is 3.81. The van der Waals surface area contributed by atoms with Crippen LogP contribution in [0.1, 0.15) is 20.8 Å². The number of pyridine rings is 1. The summed E-state index contributed by atoms with van der Waals surface area (Å²) in [6.07, 6.45) is 1.65. The van der Waals surface area contributed by atoms with Gasteiger partial charge in [0.25, 0.3) is 0 Å². The van der Waals surface area contributed by atoms with Crippen LogP contribution in [-0.4, -0.2) is 19.0 Å². The van der Waals surface area contributed by atoms with E-state index in [1.54, 1.807) is 24.4 Å². The number of para-hydroxylation sites is 1. The summed E-state index contributed by atoms with van der Waals surface area (Å²) in [5.74, 6) is -0.397. The molecular weight excluding hydrogens is 319 g/mol. The van der Waals surface area contributed by atoms with E-state index in [0.29, 0.717) is 16.9 Å². The molecule has 5 heteroatoms. The number of amides is 1. The van der Waals surface area contributed by atoms with E-state index in [-0.39, 0.29) is 11.7 Å². The Hall–Kier alpha value is -2.01. The fraction of sp³-hybridized carbons (Fsp3) is 0.368. The quantitative estimate of drug-likeness (QED) is 0.838. The first-order chi connectivity index (χ1) is 11.0. The van der Waals surface area contributed by atoms with Crippen molar-refractivity contribution in [2.45, 2.75) is 40.4 Å². The Morgan fingerprint density at radius 2 is 1.75 bits per heavy atom. The van der Waals surface area contributed by atoms with E-state index in [9.17, 15) is 4.79 Å². The van der Waals surface area contributed by atoms with Crippen LogP contribution in [0.25, 0.3) is 11.3 Å². The van der Waals surface area contributed by atoms with Gasteiger partial charge in [-0.2, -0.15) is 0 Å². The van der Waals surface area contributed by atoms with E-state index in [0.717, 1.165) is 5.19 Å². The molecule has 0 aliphatic carbocycles. The molecule has 128 valence electrons. The van der Waals surface area contributed by atoms with Gasteiger partial charge in [-0.15, -0.1) is 0 Å². The molecule has 0 saturated heterocycles. The molecule has 0 radical (unpaired) electrons. The monoisotopic (exact) mass is 344 g/mol. The minimum absolute atomic E-state index is 0.114. The SMILES string of the molecule is CC(C)(C)C(=O)Nc1ccccc1-c1nccc([Si](C)(C)C)c1F. The molecule has 0 spiro atoms. The fourth-order valence-corrected chi connectivity index (χ4v) is 3.67. The summed E-state index contributed by atoms with van der Waals surface area (Å²) in [4.78, 5) is 16.6. The van der Waals surface area contributed by atoms with Gasteiger partial charge < -0.3 is 5.32 Å². The third-order valence-corrected chi connectivity index (χ3v) is 5.81. The molecule has 2 rings (SSSR count). The molecule has 0 unspecified atom stereocenters. The third kappa shape index (κ3) is 3.90. The first-order valence-corrected chi connectivity index (χ1v) is 11.6. The minimum atomic E-state index is -1.82. The molecule has 1 amide bonds. The van der Waals surface area contributed by atoms with Gasteiger partial charge in [-0.05, 0) is 17.3 Å². The lowest BCUT2D eigenvalue weighted by Gasteiger charge is -2.21. The second-order valence-electron chi connectivity index (χ2n) is 8.02. The maximum absolute atomic E-state index is 15.1. The lowest BCUT2D eigenvalue weighted by atomic mass is 9.95. The number of nitrogens with one attached hydrogen (secondary N) is 1. The summed E-state index contributed by atoms with van der Waals surface area (Å²) in [6.45, 7) is 11.8. The zero-order valence-electron chi connectivity index (χ0n) is 15.2. The Balaban J connectivity index is 2.54. The van der Waals surface area contributed by atoms with Crippen molar-refractivity contribution in [1.29, 1.82) is 0 Å². The molecule has 0 bridgehead atoms. The van der Waals surface area contributed by atoms with Gasteiger partial charge in [0.1, 0.15) is 11.5 Å². The van der Waals surface area contributed by atoms with Crippen LogP contribution in [0, 0.1) is 11.2 Å². The van der Waals surface area contributed by atoms with Gasteiger partial charge in [0, 0.05) is 17.2 Å². The maximum atomic E-state index is 15.1. The van der Waals surface area contributed by atoms with Crippen LogP contribution >= 0.6 is 0 Å². The van der Waals surface area contributed by atoms with Crippen molar-refractivity contribution in [3.63, 3.8) is 0 Å². The number of nitrogens with zero attached hydrogens (tertiary/aromatic N) is 1. The van der Waals surface area contributed by atoms with Crippen LogP contribution in [-0.2, 0) is 4.79 Å². The average Bonchev–Trinajstić information content (AvgIpc) is 2.46. The highest BCUT2D eigenvalue weighted by Crippen LogP contribution is 2.29. The predicted molar refractivity (Wildman–Crippen MR) is 101 cm³/mol. The van der Waals surface area contributed by atoms with Crippen molar-refractivity contribution in [2.24, 2.45) is 5.41 Å². The number of benzene rings is 1. The molecule has 2 aromatic rings. The number of anilines is 1. The summed E-state index contributed by atoms with van der Waals surface area (Å²) < 4.78 is 15.1. The lowest BCUT2D eigenvalue weighted by Crippen LogP contribution is -2.40. The van der Waals surface area contributed by atoms with Crippen molar-refractivity contribution < 1.29 is 9.18 Å². The Morgan fingerprint density at radius 1 is 1.12 bits per heavy atom. The Bertz CT molecular complexity index is 761. The van der Waals surface area contributed by atoms with Crippen LogP contribution in [0.4, 0.5) is 10.1 Å². The highest BCUT2D eigenvalue weighted by atomic mass is 28.3. The Morgan fingerprint density at radius 3 is 2.33 bits per heavy atom. The van der Waals surface area contributed by atoms with Gasteiger partial charge in [0.15, 0.2) is 0 Å². The van der Waals surface area contributed by atoms with Crippen LogP contribution in [0.15, 0.2) is 36.5 Å². The second-order valence-corrected chi connectivity index (χ2v) is 13.1. The van der Waals surface area contributed by atoms with Gasteiger partial charge in [-0.25, -0.2) is 4.39 Å². The largest absolute Gasteiger partial charge is 0.325 e. The van der Waals surface area contributed by atoms with Crippen molar-refractivity contribution in [1.82, 2.24) is 4.98 Å². The summed E-state index contributed by atoms with van der Waals surface area (Å²) in [7, 11) is -1.82. The molecule has 1 N–H and O–H groups in total. The minimum Gasteiger partial charge on any atom is -0.325 e. The van der Waals surface area contributed by atoms with Crippen LogP contribution in [0.3, 0.4) is 0 Å². The molecule has 1 heterocycles. The summed E-state index contributed by atoms with van der Waals surface area (Å²) >= 11 is 0. The van der Waals surface area contributed by atoms with E-state index in [1.807, 2.05) is 32.9 Å². The van der Waals surface area contributed by atoms with Crippen LogP contribution < -0.4 is 10.5 Å². The van der Waals surface area contributed by atoms with E-state index in [4.69, 9.17) is 0 Å². The molecule has 24 heavy (non-hydrogen) atoms. The first-order valence-electron chi connectivity index (χ1n) is 8.07. The molecular formula is C19H25FN2OSi. The number of carbonyl (C=O) groups is 1. The first kappa shape index (κ1) is 18.3. The molecule has 1 aromatic heterocycles. The molecule has 1 aromatic carbocycles. The number of rotatable bonds is 3. The molecule has 0 fully saturated rings. The molecule has 0 saturated carbocycles. The standard InChI is InChI=1S/C19H25FN2OSi/c1-19(2,3)18(23)22-14-10-8-7-9-13(14)17-16(20)15(11-12-21-17)24(4,5)6/h7-12H,1-6H3,(H,22,23). The molecule has 0 atom stereocenters. The highest BCUT2D eigenvalue weighted by molar-refractivity contribution is 6.88. The summed E-state index contributed by atoms with van der Waals surface area (Å²) in [5, 5.41) is 3.64. The number of aromatic nitrogens is 1. The van der Waals surface area contributed by atoms with Crippen molar-refractivity contribution >= 4 is 24.9 Å². The van der Waals surface area contributed by atoms with Crippen molar-refractivity contribution in [3.8, 4) is 11.3 Å². The number of hydrogen-bond acceptors (Lipinski definition) is 2. The summed E-state index contributed by atoms with van der Waals surface area (Å²) in [6, 6.07) is 8.98. The van der Waals surface area contributed by atoms with Gasteiger partial charge in [0.05, 0.1) is 13.8 Å². The lowest BCUT2D eigenvalue weighted by molar-refractivity contribution is -0.123. The maximum Gasteiger partial charge on any atom is 0.229 e. The average molecular weight is 345 g/mol. The van der Waals surface area contributed by atoms with E-state index < -0.39 is 13.5 Å². The van der Waals surface area contributed by atoms with Gasteiger partial charge in [-0.3, -0.25) is 9.78 Å². The Labute approximate surface area is 144 Å². The smallest absolute Gasteiger partial charge is 0.229 e. The topological polar surface area (TPSA) is 42.0 Å². The van der Waals surface area contributed by atoms with E-state index in [1.165, 1.54) is 0 Å². The van der Waals surface area contributed by atoms with Gasteiger partial charge in [0.2, 0.25) is 5.91 Å². The molecule has 0 aliphatic rings. The summed E-state index contributed by atoms with van der Waals surface area (Å²) in [5.41, 5.74) is 0.947. The van der Waals surface area contributed by atoms with Gasteiger partial charge in [-0.1, -0.05) is 58.6 Å². The van der Waals surface area contributed by atoms with Crippen LogP contribution in [0.2, 0.25) is 19.6 Å². The molecule has 0 aliphatic heterocycles. The normalized spacial score (nSPS) is 12.1. The van der Waals surface area contributed by atoms with Crippen molar-refractivity contribution in [3.05, 3.63) is 42.3 Å². The van der Waals surface area contributed by atoms with E-state index >= 15 is 4.39 Å².